The number of aromatic amines is 1. The van der Waals surface area contributed by atoms with Gasteiger partial charge in [0.05, 0.1) is 10.6 Å². The van der Waals surface area contributed by atoms with Crippen LogP contribution in [0.4, 0.5) is 0 Å². The highest BCUT2D eigenvalue weighted by Gasteiger charge is 2.13. The van der Waals surface area contributed by atoms with Crippen LogP contribution >= 0.6 is 0 Å². The molecule has 2 aromatic carbocycles. The molecular formula is C17H15N3O3S. The molecule has 0 atom stereocenters. The Bertz CT molecular complexity index is 988. The number of hydrogen-bond donors (Lipinski definition) is 2. The quantitative estimate of drug-likeness (QED) is 0.759. The highest BCUT2D eigenvalue weighted by molar-refractivity contribution is 7.90. The van der Waals surface area contributed by atoms with Gasteiger partial charge in [-0.1, -0.05) is 24.3 Å². The number of sulfone groups is 1. The van der Waals surface area contributed by atoms with E-state index in [-0.39, 0.29) is 4.90 Å². The number of rotatable bonds is 4. The number of nitrogens with two attached hydrogens (primary N) is 1. The summed E-state index contributed by atoms with van der Waals surface area (Å²) in [5.74, 6) is -0.481. The van der Waals surface area contributed by atoms with Crippen LogP contribution in [-0.4, -0.2) is 30.8 Å². The molecule has 0 unspecified atom stereocenters. The third-order valence-corrected chi connectivity index (χ3v) is 4.81. The lowest BCUT2D eigenvalue weighted by molar-refractivity contribution is 0.100. The second-order valence-electron chi connectivity index (χ2n) is 5.39. The van der Waals surface area contributed by atoms with Gasteiger partial charge in [-0.25, -0.2) is 8.42 Å². The topological polar surface area (TPSA) is 106 Å². The fourth-order valence-electron chi connectivity index (χ4n) is 2.40. The molecule has 0 fully saturated rings. The molecule has 0 spiro atoms. The second kappa shape index (κ2) is 5.93. The summed E-state index contributed by atoms with van der Waals surface area (Å²) in [4.78, 5) is 11.4. The summed E-state index contributed by atoms with van der Waals surface area (Å²) in [5.41, 5.74) is 8.88. The number of aromatic nitrogens is 2. The molecule has 0 aliphatic carbocycles. The van der Waals surface area contributed by atoms with E-state index in [2.05, 4.69) is 10.2 Å². The number of benzene rings is 2. The van der Waals surface area contributed by atoms with E-state index in [0.717, 1.165) is 16.7 Å². The van der Waals surface area contributed by atoms with Gasteiger partial charge in [-0.2, -0.15) is 5.10 Å². The third-order valence-electron chi connectivity index (χ3n) is 3.68. The molecule has 0 radical (unpaired) electrons. The largest absolute Gasteiger partial charge is 0.366 e. The van der Waals surface area contributed by atoms with E-state index in [9.17, 15) is 13.2 Å². The van der Waals surface area contributed by atoms with Crippen molar-refractivity contribution in [2.24, 2.45) is 5.73 Å². The molecule has 24 heavy (non-hydrogen) atoms. The van der Waals surface area contributed by atoms with Crippen LogP contribution in [0.25, 0.3) is 22.4 Å². The molecule has 0 bridgehead atoms. The highest BCUT2D eigenvalue weighted by atomic mass is 32.2. The molecule has 6 nitrogen and oxygen atoms in total. The first-order valence-electron chi connectivity index (χ1n) is 7.11. The van der Waals surface area contributed by atoms with Crippen LogP contribution in [-0.2, 0) is 9.84 Å². The van der Waals surface area contributed by atoms with Crippen LogP contribution < -0.4 is 5.73 Å². The van der Waals surface area contributed by atoms with Gasteiger partial charge in [-0.3, -0.25) is 9.89 Å². The summed E-state index contributed by atoms with van der Waals surface area (Å²) in [7, 11) is -3.24. The molecule has 7 heteroatoms. The Morgan fingerprint density at radius 1 is 1.00 bits per heavy atom. The lowest BCUT2D eigenvalue weighted by Crippen LogP contribution is -2.10. The number of nitrogens with zero attached hydrogens (tertiary/aromatic N) is 1. The van der Waals surface area contributed by atoms with Gasteiger partial charge in [0.2, 0.25) is 5.91 Å². The number of hydrogen-bond acceptors (Lipinski definition) is 4. The predicted molar refractivity (Wildman–Crippen MR) is 91.1 cm³/mol. The van der Waals surface area contributed by atoms with E-state index in [1.165, 1.54) is 6.26 Å². The Kier molecular flexibility index (Phi) is 3.94. The van der Waals surface area contributed by atoms with Gasteiger partial charge >= 0.3 is 0 Å². The second-order valence-corrected chi connectivity index (χ2v) is 7.40. The number of carbonyl (C=O) groups is 1. The van der Waals surface area contributed by atoms with Gasteiger partial charge < -0.3 is 5.73 Å². The van der Waals surface area contributed by atoms with E-state index < -0.39 is 15.7 Å². The molecule has 0 aliphatic rings. The van der Waals surface area contributed by atoms with Crippen molar-refractivity contribution >= 4 is 15.7 Å². The number of primary amides is 1. The van der Waals surface area contributed by atoms with Crippen LogP contribution in [0.15, 0.2) is 59.6 Å². The molecule has 0 saturated heterocycles. The summed E-state index contributed by atoms with van der Waals surface area (Å²) < 4.78 is 23.1. The van der Waals surface area contributed by atoms with E-state index in [1.54, 1.807) is 54.7 Å². The van der Waals surface area contributed by atoms with Crippen LogP contribution in [0.5, 0.6) is 0 Å². The average Bonchev–Trinajstić information content (AvgIpc) is 3.04. The van der Waals surface area contributed by atoms with Gasteiger partial charge in [-0.15, -0.1) is 0 Å². The Labute approximate surface area is 139 Å². The van der Waals surface area contributed by atoms with Gasteiger partial charge in [0.15, 0.2) is 9.84 Å². The maximum absolute atomic E-state index is 11.5. The Morgan fingerprint density at radius 2 is 1.58 bits per heavy atom. The molecule has 1 amide bonds. The minimum Gasteiger partial charge on any atom is -0.366 e. The predicted octanol–water partition coefficient (Wildman–Crippen LogP) is 2.25. The minimum absolute atomic E-state index is 0.258. The normalized spacial score (nSPS) is 11.4. The molecule has 0 saturated carbocycles. The van der Waals surface area contributed by atoms with Crippen molar-refractivity contribution in [1.29, 1.82) is 0 Å². The zero-order chi connectivity index (χ0) is 17.3. The maximum Gasteiger partial charge on any atom is 0.248 e. The first-order valence-corrected chi connectivity index (χ1v) is 9.00. The maximum atomic E-state index is 11.5. The van der Waals surface area contributed by atoms with E-state index >= 15 is 0 Å². The van der Waals surface area contributed by atoms with Crippen LogP contribution in [0.1, 0.15) is 10.4 Å². The molecule has 0 aliphatic heterocycles. The average molecular weight is 341 g/mol. The molecule has 1 heterocycles. The minimum atomic E-state index is -3.24. The monoisotopic (exact) mass is 341 g/mol. The van der Waals surface area contributed by atoms with Crippen molar-refractivity contribution in [2.45, 2.75) is 4.90 Å². The molecule has 3 N–H and O–H groups in total. The SMILES string of the molecule is CS(=O)(=O)c1ccc(-c2n[nH]cc2-c2ccc(C(N)=O)cc2)cc1. The molecular weight excluding hydrogens is 326 g/mol. The van der Waals surface area contributed by atoms with Gasteiger partial charge in [0.1, 0.15) is 0 Å². The third kappa shape index (κ3) is 3.07. The van der Waals surface area contributed by atoms with Crippen LogP contribution in [0.2, 0.25) is 0 Å². The number of H-pyrrole nitrogens is 1. The van der Waals surface area contributed by atoms with Gasteiger partial charge in [-0.05, 0) is 29.8 Å². The van der Waals surface area contributed by atoms with Gasteiger partial charge in [0, 0.05) is 29.1 Å². The van der Waals surface area contributed by atoms with E-state index in [0.29, 0.717) is 11.3 Å². The summed E-state index contributed by atoms with van der Waals surface area (Å²) in [6.45, 7) is 0. The molecule has 122 valence electrons. The van der Waals surface area contributed by atoms with Crippen LogP contribution in [0, 0.1) is 0 Å². The molecule has 1 aromatic heterocycles. The number of carbonyl (C=O) groups excluding carboxylic acids is 1. The smallest absolute Gasteiger partial charge is 0.248 e. The van der Waals surface area contributed by atoms with E-state index in [1.807, 2.05) is 0 Å². The zero-order valence-corrected chi connectivity index (χ0v) is 13.7. The van der Waals surface area contributed by atoms with Crippen molar-refractivity contribution < 1.29 is 13.2 Å². The molecule has 3 aromatic rings. The Balaban J connectivity index is 2.00. The van der Waals surface area contributed by atoms with Gasteiger partial charge in [0.25, 0.3) is 0 Å². The van der Waals surface area contributed by atoms with Crippen LogP contribution in [0.3, 0.4) is 0 Å². The highest BCUT2D eigenvalue weighted by Crippen LogP contribution is 2.30. The standard InChI is InChI=1S/C17H15N3O3S/c1-24(22,23)14-8-6-12(7-9-14)16-15(10-19-20-16)11-2-4-13(5-3-11)17(18)21/h2-10H,1H3,(H2,18,21)(H,19,20). The number of nitrogens with one attached hydrogen (secondary N) is 1. The summed E-state index contributed by atoms with van der Waals surface area (Å²) in [5, 5.41) is 7.06. The Morgan fingerprint density at radius 3 is 2.12 bits per heavy atom. The lowest BCUT2D eigenvalue weighted by Gasteiger charge is -2.05. The van der Waals surface area contributed by atoms with Crippen molar-refractivity contribution in [3.8, 4) is 22.4 Å². The fourth-order valence-corrected chi connectivity index (χ4v) is 3.03. The van der Waals surface area contributed by atoms with E-state index in [4.69, 9.17) is 5.73 Å². The summed E-state index contributed by atoms with van der Waals surface area (Å²) in [6, 6.07) is 13.4. The van der Waals surface area contributed by atoms with Crippen molar-refractivity contribution in [2.75, 3.05) is 6.26 Å². The van der Waals surface area contributed by atoms with Crippen molar-refractivity contribution in [3.05, 3.63) is 60.3 Å². The summed E-state index contributed by atoms with van der Waals surface area (Å²) >= 11 is 0. The fraction of sp³-hybridized carbons (Fsp3) is 0.0588. The lowest BCUT2D eigenvalue weighted by atomic mass is 10.0. The first-order chi connectivity index (χ1) is 11.4. The van der Waals surface area contributed by atoms with Crippen molar-refractivity contribution in [3.63, 3.8) is 0 Å². The zero-order valence-electron chi connectivity index (χ0n) is 12.9. The first kappa shape index (κ1) is 15.9. The number of amides is 1. The molecule has 3 rings (SSSR count). The Hall–Kier alpha value is -2.93. The van der Waals surface area contributed by atoms with Crippen molar-refractivity contribution in [1.82, 2.24) is 10.2 Å². The summed E-state index contributed by atoms with van der Waals surface area (Å²) in [6.07, 6.45) is 2.92.